The van der Waals surface area contributed by atoms with Crippen molar-refractivity contribution in [2.45, 2.75) is 25.7 Å². The molecule has 0 aromatic rings. The predicted molar refractivity (Wildman–Crippen MR) is 42.9 cm³/mol. The fraction of sp³-hybridized carbons (Fsp3) is 0.750. The molecule has 2 nitrogen and oxygen atoms in total. The Kier molecular flexibility index (Phi) is 5.51. The summed E-state index contributed by atoms with van der Waals surface area (Å²) >= 11 is 0. The van der Waals surface area contributed by atoms with Gasteiger partial charge in [0.25, 0.3) is 0 Å². The van der Waals surface area contributed by atoms with Crippen LogP contribution < -0.4 is 5.32 Å². The molecule has 0 radical (unpaired) electrons. The molecule has 1 unspecified atom stereocenters. The molecule has 5 heteroatoms. The van der Waals surface area contributed by atoms with Gasteiger partial charge in [-0.3, -0.25) is 4.74 Å². The van der Waals surface area contributed by atoms with Crippen LogP contribution in [0, 0.1) is 12.3 Å². The first-order chi connectivity index (χ1) is 5.99. The summed E-state index contributed by atoms with van der Waals surface area (Å²) in [5, 5.41) is 2.73. The Balaban J connectivity index is 3.41. The number of ether oxygens (including phenoxy) is 1. The quantitative estimate of drug-likeness (QED) is 0.530. The minimum absolute atomic E-state index is 0.0994. The van der Waals surface area contributed by atoms with E-state index in [1.807, 2.05) is 6.92 Å². The summed E-state index contributed by atoms with van der Waals surface area (Å²) in [5.41, 5.74) is 0. The summed E-state index contributed by atoms with van der Waals surface area (Å²) < 4.78 is 37.9. The van der Waals surface area contributed by atoms with Crippen LogP contribution >= 0.6 is 0 Å². The molecule has 0 aromatic heterocycles. The van der Waals surface area contributed by atoms with Gasteiger partial charge in [0, 0.05) is 6.54 Å². The van der Waals surface area contributed by atoms with E-state index in [0.29, 0.717) is 6.42 Å². The predicted octanol–water partition coefficient (Wildman–Crippen LogP) is 1.52. The van der Waals surface area contributed by atoms with E-state index in [4.69, 9.17) is 6.42 Å². The van der Waals surface area contributed by atoms with Crippen molar-refractivity contribution in [2.75, 3.05) is 13.2 Å². The maximum atomic E-state index is 11.5. The van der Waals surface area contributed by atoms with Gasteiger partial charge in [-0.05, 0) is 6.42 Å². The van der Waals surface area contributed by atoms with Gasteiger partial charge in [0.2, 0.25) is 0 Å². The van der Waals surface area contributed by atoms with E-state index in [0.717, 1.165) is 0 Å². The molecular weight excluding hydrogens is 183 g/mol. The molecule has 0 fully saturated rings. The second kappa shape index (κ2) is 5.84. The fourth-order valence-electron chi connectivity index (χ4n) is 0.721. The standard InChI is InChI=1S/C8H12F3NO/c1-3-7(4-2)12-5-6-13-8(9,10)11/h1,7,12H,4-6H2,2H3. The van der Waals surface area contributed by atoms with Gasteiger partial charge in [0.1, 0.15) is 0 Å². The minimum Gasteiger partial charge on any atom is -0.301 e. The van der Waals surface area contributed by atoms with Gasteiger partial charge in [-0.2, -0.15) is 0 Å². The lowest BCUT2D eigenvalue weighted by molar-refractivity contribution is -0.323. The number of terminal acetylenes is 1. The Morgan fingerprint density at radius 1 is 1.54 bits per heavy atom. The molecule has 0 aliphatic carbocycles. The molecule has 0 amide bonds. The van der Waals surface area contributed by atoms with E-state index in [-0.39, 0.29) is 12.6 Å². The lowest BCUT2D eigenvalue weighted by Gasteiger charge is -2.11. The minimum atomic E-state index is -4.56. The average Bonchev–Trinajstić information content (AvgIpc) is 2.03. The topological polar surface area (TPSA) is 21.3 Å². The molecule has 0 aliphatic heterocycles. The maximum Gasteiger partial charge on any atom is 0.522 e. The van der Waals surface area contributed by atoms with Crippen molar-refractivity contribution in [3.05, 3.63) is 0 Å². The number of hydrogen-bond donors (Lipinski definition) is 1. The van der Waals surface area contributed by atoms with E-state index in [1.165, 1.54) is 0 Å². The van der Waals surface area contributed by atoms with Crippen molar-refractivity contribution in [1.29, 1.82) is 0 Å². The summed E-state index contributed by atoms with van der Waals surface area (Å²) in [5.74, 6) is 2.40. The normalized spacial score (nSPS) is 13.8. The summed E-state index contributed by atoms with van der Waals surface area (Å²) in [4.78, 5) is 0. The van der Waals surface area contributed by atoms with Crippen LogP contribution in [0.4, 0.5) is 13.2 Å². The monoisotopic (exact) mass is 195 g/mol. The van der Waals surface area contributed by atoms with E-state index in [9.17, 15) is 13.2 Å². The van der Waals surface area contributed by atoms with E-state index < -0.39 is 13.0 Å². The number of nitrogens with one attached hydrogen (secondary N) is 1. The summed E-state index contributed by atoms with van der Waals surface area (Å²) in [6.07, 6.45) is 1.20. The van der Waals surface area contributed by atoms with Crippen molar-refractivity contribution in [3.63, 3.8) is 0 Å². The molecule has 0 saturated heterocycles. The first-order valence-corrected chi connectivity index (χ1v) is 3.89. The molecular formula is C8H12F3NO. The highest BCUT2D eigenvalue weighted by molar-refractivity contribution is 4.97. The second-order valence-corrected chi connectivity index (χ2v) is 2.38. The zero-order valence-electron chi connectivity index (χ0n) is 7.32. The third kappa shape index (κ3) is 7.62. The summed E-state index contributed by atoms with van der Waals surface area (Å²) in [6.45, 7) is 1.53. The number of rotatable bonds is 5. The van der Waals surface area contributed by atoms with Crippen LogP contribution in [0.5, 0.6) is 0 Å². The molecule has 0 saturated carbocycles. The highest BCUT2D eigenvalue weighted by Gasteiger charge is 2.28. The van der Waals surface area contributed by atoms with Crippen LogP contribution in [0.3, 0.4) is 0 Å². The smallest absolute Gasteiger partial charge is 0.301 e. The van der Waals surface area contributed by atoms with Gasteiger partial charge in [-0.15, -0.1) is 19.6 Å². The van der Waals surface area contributed by atoms with E-state index in [2.05, 4.69) is 16.0 Å². The van der Waals surface area contributed by atoms with Gasteiger partial charge in [-0.1, -0.05) is 12.8 Å². The van der Waals surface area contributed by atoms with Crippen LogP contribution in [0.2, 0.25) is 0 Å². The molecule has 0 bridgehead atoms. The molecule has 0 aromatic carbocycles. The van der Waals surface area contributed by atoms with Crippen molar-refractivity contribution < 1.29 is 17.9 Å². The number of alkyl halides is 3. The van der Waals surface area contributed by atoms with Crippen molar-refractivity contribution in [3.8, 4) is 12.3 Å². The van der Waals surface area contributed by atoms with E-state index >= 15 is 0 Å². The van der Waals surface area contributed by atoms with Crippen LogP contribution in [-0.2, 0) is 4.74 Å². The number of hydrogen-bond acceptors (Lipinski definition) is 2. The van der Waals surface area contributed by atoms with Crippen molar-refractivity contribution >= 4 is 0 Å². The van der Waals surface area contributed by atoms with Gasteiger partial charge in [-0.25, -0.2) is 0 Å². The van der Waals surface area contributed by atoms with Crippen LogP contribution in [0.25, 0.3) is 0 Å². The van der Waals surface area contributed by atoms with Gasteiger partial charge in [0.15, 0.2) is 0 Å². The molecule has 13 heavy (non-hydrogen) atoms. The highest BCUT2D eigenvalue weighted by Crippen LogP contribution is 2.15. The Morgan fingerprint density at radius 2 is 2.15 bits per heavy atom. The summed E-state index contributed by atoms with van der Waals surface area (Å²) in [6, 6.07) is -0.183. The molecule has 1 N–H and O–H groups in total. The third-order valence-corrected chi connectivity index (χ3v) is 1.37. The third-order valence-electron chi connectivity index (χ3n) is 1.37. The van der Waals surface area contributed by atoms with Crippen LogP contribution in [0.1, 0.15) is 13.3 Å². The first-order valence-electron chi connectivity index (χ1n) is 3.89. The lowest BCUT2D eigenvalue weighted by Crippen LogP contribution is -2.31. The number of halogens is 3. The first kappa shape index (κ1) is 12.3. The van der Waals surface area contributed by atoms with Crippen molar-refractivity contribution in [1.82, 2.24) is 5.32 Å². The molecule has 0 rings (SSSR count). The lowest BCUT2D eigenvalue weighted by atomic mass is 10.2. The second-order valence-electron chi connectivity index (χ2n) is 2.38. The molecule has 76 valence electrons. The summed E-state index contributed by atoms with van der Waals surface area (Å²) in [7, 11) is 0. The molecule has 1 atom stereocenters. The van der Waals surface area contributed by atoms with Crippen LogP contribution in [-0.4, -0.2) is 25.6 Å². The maximum absolute atomic E-state index is 11.5. The zero-order valence-corrected chi connectivity index (χ0v) is 7.32. The zero-order chi connectivity index (χ0) is 10.3. The Hall–Kier alpha value is -0.730. The fourth-order valence-corrected chi connectivity index (χ4v) is 0.721. The Labute approximate surface area is 75.5 Å². The largest absolute Gasteiger partial charge is 0.522 e. The van der Waals surface area contributed by atoms with Gasteiger partial charge >= 0.3 is 6.36 Å². The Morgan fingerprint density at radius 3 is 2.54 bits per heavy atom. The Bertz CT molecular complexity index is 173. The molecule has 0 spiro atoms. The SMILES string of the molecule is C#CC(CC)NCCOC(F)(F)F. The van der Waals surface area contributed by atoms with Crippen molar-refractivity contribution in [2.24, 2.45) is 0 Å². The van der Waals surface area contributed by atoms with E-state index in [1.54, 1.807) is 0 Å². The van der Waals surface area contributed by atoms with Gasteiger partial charge in [0.05, 0.1) is 12.6 Å². The van der Waals surface area contributed by atoms with Crippen LogP contribution in [0.15, 0.2) is 0 Å². The molecule has 0 heterocycles. The van der Waals surface area contributed by atoms with Gasteiger partial charge < -0.3 is 5.32 Å². The molecule has 0 aliphatic rings. The average molecular weight is 195 g/mol. The highest BCUT2D eigenvalue weighted by atomic mass is 19.4.